The molecule has 0 saturated carbocycles. The summed E-state index contributed by atoms with van der Waals surface area (Å²) in [7, 11) is -3.77. The number of primary sulfonamides is 1. The highest BCUT2D eigenvalue weighted by Gasteiger charge is 2.23. The Kier molecular flexibility index (Phi) is 5.98. The van der Waals surface area contributed by atoms with Gasteiger partial charge in [-0.1, -0.05) is 42.8 Å². The van der Waals surface area contributed by atoms with E-state index in [9.17, 15) is 13.5 Å². The molecule has 0 aliphatic heterocycles. The topological polar surface area (TPSA) is 80.4 Å². The zero-order chi connectivity index (χ0) is 20.6. The highest BCUT2D eigenvalue weighted by molar-refractivity contribution is 7.89. The molecular formula is C21H22ClNO3S2. The van der Waals surface area contributed by atoms with Crippen molar-refractivity contribution in [2.24, 2.45) is 5.14 Å². The van der Waals surface area contributed by atoms with Crippen LogP contribution in [0, 0.1) is 13.8 Å². The number of hydrogen-bond donors (Lipinski definition) is 2. The van der Waals surface area contributed by atoms with Crippen molar-refractivity contribution in [1.82, 2.24) is 0 Å². The molecular weight excluding hydrogens is 414 g/mol. The van der Waals surface area contributed by atoms with Gasteiger partial charge in [-0.2, -0.15) is 0 Å². The van der Waals surface area contributed by atoms with Gasteiger partial charge in [-0.15, -0.1) is 11.3 Å². The number of halogens is 1. The first-order valence-electron chi connectivity index (χ1n) is 8.84. The lowest BCUT2D eigenvalue weighted by Crippen LogP contribution is -2.13. The Hall–Kier alpha value is -1.70. The Balaban J connectivity index is 2.22. The summed E-state index contributed by atoms with van der Waals surface area (Å²) >= 11 is 7.57. The average Bonchev–Trinajstić information content (AvgIpc) is 2.98. The molecule has 4 nitrogen and oxygen atoms in total. The molecule has 3 N–H and O–H groups in total. The van der Waals surface area contributed by atoms with Crippen molar-refractivity contribution in [1.29, 1.82) is 0 Å². The normalized spacial score (nSPS) is 12.9. The number of aliphatic hydroxyl groups is 1. The highest BCUT2D eigenvalue weighted by Crippen LogP contribution is 2.45. The van der Waals surface area contributed by atoms with Gasteiger partial charge in [0.15, 0.2) is 0 Å². The molecule has 1 heterocycles. The predicted octanol–water partition coefficient (Wildman–Crippen LogP) is 5.44. The number of nitrogens with two attached hydrogens (primary N) is 1. The summed E-state index contributed by atoms with van der Waals surface area (Å²) < 4.78 is 23.5. The fourth-order valence-corrected chi connectivity index (χ4v) is 5.61. The smallest absolute Gasteiger partial charge is 0.238 e. The molecule has 3 rings (SSSR count). The van der Waals surface area contributed by atoms with E-state index in [0.717, 1.165) is 32.0 Å². The van der Waals surface area contributed by atoms with Crippen molar-refractivity contribution in [3.05, 3.63) is 63.5 Å². The number of hydrogen-bond acceptors (Lipinski definition) is 4. The van der Waals surface area contributed by atoms with Crippen molar-refractivity contribution in [2.75, 3.05) is 0 Å². The number of aryl methyl sites for hydroxylation is 1. The summed E-state index contributed by atoms with van der Waals surface area (Å²) in [4.78, 5) is 2.04. The Bertz CT molecular complexity index is 1120. The van der Waals surface area contributed by atoms with Gasteiger partial charge < -0.3 is 5.11 Å². The molecule has 1 aromatic heterocycles. The first-order valence-corrected chi connectivity index (χ1v) is 11.6. The molecule has 28 heavy (non-hydrogen) atoms. The Morgan fingerprint density at radius 3 is 2.25 bits per heavy atom. The quantitative estimate of drug-likeness (QED) is 0.559. The number of sulfonamides is 1. The maximum atomic E-state index is 11.7. The molecule has 0 fully saturated rings. The second-order valence-corrected chi connectivity index (χ2v) is 9.77. The van der Waals surface area contributed by atoms with Crippen molar-refractivity contribution >= 4 is 33.0 Å². The monoisotopic (exact) mass is 435 g/mol. The van der Waals surface area contributed by atoms with Crippen LogP contribution < -0.4 is 5.14 Å². The van der Waals surface area contributed by atoms with Crippen molar-refractivity contribution in [2.45, 2.75) is 38.2 Å². The molecule has 0 bridgehead atoms. The largest absolute Gasteiger partial charge is 0.388 e. The van der Waals surface area contributed by atoms with Crippen LogP contribution in [0.5, 0.6) is 0 Å². The van der Waals surface area contributed by atoms with Gasteiger partial charge >= 0.3 is 0 Å². The third kappa shape index (κ3) is 4.02. The second-order valence-electron chi connectivity index (χ2n) is 6.75. The van der Waals surface area contributed by atoms with Gasteiger partial charge in [-0.05, 0) is 60.7 Å². The molecule has 2 aromatic carbocycles. The van der Waals surface area contributed by atoms with E-state index in [1.54, 1.807) is 24.3 Å². The minimum Gasteiger partial charge on any atom is -0.388 e. The fourth-order valence-electron chi connectivity index (χ4n) is 3.32. The maximum absolute atomic E-state index is 11.7. The Morgan fingerprint density at radius 2 is 1.71 bits per heavy atom. The number of thiophene rings is 1. The van der Waals surface area contributed by atoms with Crippen LogP contribution in [0.2, 0.25) is 5.02 Å². The first kappa shape index (κ1) is 21.0. The van der Waals surface area contributed by atoms with E-state index < -0.39 is 16.1 Å². The maximum Gasteiger partial charge on any atom is 0.238 e. The molecule has 0 spiro atoms. The lowest BCUT2D eigenvalue weighted by molar-refractivity contribution is 0.178. The zero-order valence-corrected chi connectivity index (χ0v) is 18.3. The zero-order valence-electron chi connectivity index (χ0n) is 15.9. The van der Waals surface area contributed by atoms with Crippen molar-refractivity contribution < 1.29 is 13.5 Å². The molecule has 0 aliphatic carbocycles. The molecule has 148 valence electrons. The molecule has 0 radical (unpaired) electrons. The van der Waals surface area contributed by atoms with Gasteiger partial charge in [0.05, 0.1) is 11.0 Å². The number of aliphatic hydroxyl groups excluding tert-OH is 1. The fraction of sp³-hybridized carbons (Fsp3) is 0.238. The van der Waals surface area contributed by atoms with E-state index in [2.05, 4.69) is 0 Å². The first-order chi connectivity index (χ1) is 13.1. The summed E-state index contributed by atoms with van der Waals surface area (Å²) in [5.74, 6) is 0. The summed E-state index contributed by atoms with van der Waals surface area (Å²) in [5.41, 5.74) is 4.45. The van der Waals surface area contributed by atoms with Crippen LogP contribution >= 0.6 is 22.9 Å². The van der Waals surface area contributed by atoms with Crippen LogP contribution in [0.4, 0.5) is 0 Å². The van der Waals surface area contributed by atoms with E-state index >= 15 is 0 Å². The van der Waals surface area contributed by atoms with Gasteiger partial charge in [0, 0.05) is 20.3 Å². The van der Waals surface area contributed by atoms with Gasteiger partial charge in [-0.3, -0.25) is 0 Å². The summed E-state index contributed by atoms with van der Waals surface area (Å²) in [6, 6.07) is 12.7. The molecule has 0 aliphatic rings. The van der Waals surface area contributed by atoms with Crippen LogP contribution in [-0.2, 0) is 10.0 Å². The number of rotatable bonds is 5. The summed E-state index contributed by atoms with van der Waals surface area (Å²) in [5, 5.41) is 16.6. The van der Waals surface area contributed by atoms with Crippen LogP contribution in [0.25, 0.3) is 21.6 Å². The lowest BCUT2D eigenvalue weighted by Gasteiger charge is -2.12. The van der Waals surface area contributed by atoms with Gasteiger partial charge in [0.1, 0.15) is 0 Å². The highest BCUT2D eigenvalue weighted by atomic mass is 35.5. The van der Waals surface area contributed by atoms with Gasteiger partial charge in [-0.25, -0.2) is 13.6 Å². The summed E-state index contributed by atoms with van der Waals surface area (Å²) in [6.07, 6.45) is -0.0145. The molecule has 7 heteroatoms. The molecule has 0 saturated heterocycles. The van der Waals surface area contributed by atoms with Crippen LogP contribution in [0.3, 0.4) is 0 Å². The van der Waals surface area contributed by atoms with E-state index in [0.29, 0.717) is 17.0 Å². The van der Waals surface area contributed by atoms with Crippen LogP contribution in [0.15, 0.2) is 47.4 Å². The molecule has 1 atom stereocenters. The Morgan fingerprint density at radius 1 is 1.11 bits per heavy atom. The molecule has 3 aromatic rings. The number of benzene rings is 2. The SMILES string of the molecule is CCC(O)c1sc(-c2ccc(Cl)cc2)c(C)c1-c1ccc(S(N)(=O)=O)c(C)c1. The third-order valence-electron chi connectivity index (χ3n) is 4.74. The summed E-state index contributed by atoms with van der Waals surface area (Å²) in [6.45, 7) is 5.67. The standard InChI is InChI=1S/C21H22ClNO3S2/c1-4-17(24)21-19(15-7-10-18(12(2)11-15)28(23,25)26)13(3)20(27-21)14-5-8-16(22)9-6-14/h5-11,17,24H,4H2,1-3H3,(H2,23,25,26). The molecule has 0 amide bonds. The van der Waals surface area contributed by atoms with Crippen LogP contribution in [-0.4, -0.2) is 13.5 Å². The van der Waals surface area contributed by atoms with E-state index in [1.165, 1.54) is 6.07 Å². The van der Waals surface area contributed by atoms with Crippen molar-refractivity contribution in [3.8, 4) is 21.6 Å². The average molecular weight is 436 g/mol. The predicted molar refractivity (Wildman–Crippen MR) is 116 cm³/mol. The van der Waals surface area contributed by atoms with E-state index in [-0.39, 0.29) is 4.90 Å². The minimum absolute atomic E-state index is 0.111. The van der Waals surface area contributed by atoms with Crippen LogP contribution in [0.1, 0.15) is 35.5 Å². The lowest BCUT2D eigenvalue weighted by atomic mass is 9.96. The van der Waals surface area contributed by atoms with Crippen molar-refractivity contribution in [3.63, 3.8) is 0 Å². The van der Waals surface area contributed by atoms with Gasteiger partial charge in [0.25, 0.3) is 0 Å². The van der Waals surface area contributed by atoms with Gasteiger partial charge in [0.2, 0.25) is 10.0 Å². The Labute approximate surface area is 174 Å². The minimum atomic E-state index is -3.77. The molecule has 1 unspecified atom stereocenters. The van der Waals surface area contributed by atoms with E-state index in [4.69, 9.17) is 16.7 Å². The second kappa shape index (κ2) is 7.97. The third-order valence-corrected chi connectivity index (χ3v) is 7.51. The van der Waals surface area contributed by atoms with E-state index in [1.807, 2.05) is 44.2 Å².